The summed E-state index contributed by atoms with van der Waals surface area (Å²) in [4.78, 5) is 0. The second-order valence-electron chi connectivity index (χ2n) is 5.18. The SMILES string of the molecule is CCc1nn(C)c(CNCCCOCC(C)C)c1Cl. The van der Waals surface area contributed by atoms with Crippen LogP contribution in [0, 0.1) is 5.92 Å². The Kier molecular flexibility index (Phi) is 7.42. The van der Waals surface area contributed by atoms with Crippen LogP contribution < -0.4 is 5.32 Å². The molecule has 1 aromatic rings. The molecule has 0 aliphatic heterocycles. The van der Waals surface area contributed by atoms with Gasteiger partial charge < -0.3 is 10.1 Å². The van der Waals surface area contributed by atoms with Gasteiger partial charge in [-0.25, -0.2) is 0 Å². The summed E-state index contributed by atoms with van der Waals surface area (Å²) in [6, 6.07) is 0. The fraction of sp³-hybridized carbons (Fsp3) is 0.786. The van der Waals surface area contributed by atoms with Gasteiger partial charge in [-0.3, -0.25) is 4.68 Å². The van der Waals surface area contributed by atoms with E-state index in [2.05, 4.69) is 31.2 Å². The molecule has 0 saturated carbocycles. The number of hydrogen-bond acceptors (Lipinski definition) is 3. The second kappa shape index (κ2) is 8.56. The van der Waals surface area contributed by atoms with Crippen LogP contribution in [-0.4, -0.2) is 29.5 Å². The molecule has 0 aliphatic carbocycles. The van der Waals surface area contributed by atoms with Crippen LogP contribution in [0.2, 0.25) is 5.02 Å². The van der Waals surface area contributed by atoms with E-state index in [0.29, 0.717) is 5.92 Å². The monoisotopic (exact) mass is 287 g/mol. The van der Waals surface area contributed by atoms with Crippen LogP contribution in [0.4, 0.5) is 0 Å². The Hall–Kier alpha value is -0.580. The molecule has 19 heavy (non-hydrogen) atoms. The fourth-order valence-corrected chi connectivity index (χ4v) is 2.20. The zero-order valence-electron chi connectivity index (χ0n) is 12.5. The number of nitrogens with zero attached hydrogens (tertiary/aromatic N) is 2. The first kappa shape index (κ1) is 16.5. The zero-order valence-corrected chi connectivity index (χ0v) is 13.3. The lowest BCUT2D eigenvalue weighted by atomic mass is 10.2. The number of aryl methyl sites for hydroxylation is 2. The van der Waals surface area contributed by atoms with Crippen molar-refractivity contribution in [2.24, 2.45) is 13.0 Å². The third-order valence-electron chi connectivity index (χ3n) is 2.89. The highest BCUT2D eigenvalue weighted by Gasteiger charge is 2.11. The lowest BCUT2D eigenvalue weighted by Crippen LogP contribution is -2.19. The van der Waals surface area contributed by atoms with E-state index in [0.717, 1.165) is 55.6 Å². The lowest BCUT2D eigenvalue weighted by molar-refractivity contribution is 0.108. The highest BCUT2D eigenvalue weighted by atomic mass is 35.5. The third-order valence-corrected chi connectivity index (χ3v) is 3.33. The molecular formula is C14H26ClN3O. The predicted octanol–water partition coefficient (Wildman–Crippen LogP) is 2.79. The number of halogens is 1. The van der Waals surface area contributed by atoms with E-state index >= 15 is 0 Å². The van der Waals surface area contributed by atoms with Gasteiger partial charge in [0.2, 0.25) is 0 Å². The quantitative estimate of drug-likeness (QED) is 0.710. The summed E-state index contributed by atoms with van der Waals surface area (Å²) >= 11 is 6.28. The number of aromatic nitrogens is 2. The Morgan fingerprint density at radius 1 is 1.42 bits per heavy atom. The van der Waals surface area contributed by atoms with Gasteiger partial charge in [-0.2, -0.15) is 5.10 Å². The summed E-state index contributed by atoms with van der Waals surface area (Å²) < 4.78 is 7.40. The van der Waals surface area contributed by atoms with E-state index in [9.17, 15) is 0 Å². The van der Waals surface area contributed by atoms with Crippen LogP contribution in [0.5, 0.6) is 0 Å². The first-order chi connectivity index (χ1) is 9.06. The molecule has 110 valence electrons. The van der Waals surface area contributed by atoms with Crippen molar-refractivity contribution in [3.63, 3.8) is 0 Å². The van der Waals surface area contributed by atoms with Crippen molar-refractivity contribution in [2.75, 3.05) is 19.8 Å². The standard InChI is InChI=1S/C14H26ClN3O/c1-5-12-14(15)13(18(4)17-12)9-16-7-6-8-19-10-11(2)3/h11,16H,5-10H2,1-4H3. The molecule has 5 heteroatoms. The molecule has 1 aromatic heterocycles. The minimum absolute atomic E-state index is 0.605. The highest BCUT2D eigenvalue weighted by Crippen LogP contribution is 2.20. The maximum atomic E-state index is 6.28. The van der Waals surface area contributed by atoms with Gasteiger partial charge in [-0.15, -0.1) is 0 Å². The summed E-state index contributed by atoms with van der Waals surface area (Å²) in [6.45, 7) is 9.73. The number of rotatable bonds is 9. The molecule has 4 nitrogen and oxygen atoms in total. The number of hydrogen-bond donors (Lipinski definition) is 1. The van der Waals surface area contributed by atoms with E-state index in [1.807, 2.05) is 11.7 Å². The molecule has 0 spiro atoms. The average Bonchev–Trinajstić information content (AvgIpc) is 2.64. The summed E-state index contributed by atoms with van der Waals surface area (Å²) in [7, 11) is 1.94. The van der Waals surface area contributed by atoms with Crippen molar-refractivity contribution in [1.29, 1.82) is 0 Å². The molecular weight excluding hydrogens is 262 g/mol. The molecule has 0 amide bonds. The predicted molar refractivity (Wildman–Crippen MR) is 79.6 cm³/mol. The van der Waals surface area contributed by atoms with Gasteiger partial charge in [0.1, 0.15) is 0 Å². The molecule has 1 heterocycles. The maximum Gasteiger partial charge on any atom is 0.0863 e. The zero-order chi connectivity index (χ0) is 14.3. The molecule has 1 rings (SSSR count). The summed E-state index contributed by atoms with van der Waals surface area (Å²) in [6.07, 6.45) is 1.89. The molecule has 0 fully saturated rings. The molecule has 0 radical (unpaired) electrons. The largest absolute Gasteiger partial charge is 0.381 e. The average molecular weight is 288 g/mol. The Bertz CT molecular complexity index is 377. The molecule has 0 atom stereocenters. The normalized spacial score (nSPS) is 11.5. The first-order valence-corrected chi connectivity index (χ1v) is 7.42. The Morgan fingerprint density at radius 2 is 2.16 bits per heavy atom. The van der Waals surface area contributed by atoms with Gasteiger partial charge in [0.05, 0.1) is 16.4 Å². The van der Waals surface area contributed by atoms with Crippen molar-refractivity contribution < 1.29 is 4.74 Å². The number of ether oxygens (including phenoxy) is 1. The molecule has 0 unspecified atom stereocenters. The van der Waals surface area contributed by atoms with Crippen molar-refractivity contribution >= 4 is 11.6 Å². The van der Waals surface area contributed by atoms with E-state index in [4.69, 9.17) is 16.3 Å². The van der Waals surface area contributed by atoms with Crippen LogP contribution >= 0.6 is 11.6 Å². The highest BCUT2D eigenvalue weighted by molar-refractivity contribution is 6.31. The van der Waals surface area contributed by atoms with Crippen molar-refractivity contribution in [1.82, 2.24) is 15.1 Å². The van der Waals surface area contributed by atoms with Gasteiger partial charge in [0, 0.05) is 26.8 Å². The van der Waals surface area contributed by atoms with Crippen LogP contribution in [0.1, 0.15) is 38.6 Å². The summed E-state index contributed by atoms with van der Waals surface area (Å²) in [5.74, 6) is 0.605. The fourth-order valence-electron chi connectivity index (χ4n) is 1.84. The maximum absolute atomic E-state index is 6.28. The van der Waals surface area contributed by atoms with Crippen LogP contribution in [0.3, 0.4) is 0 Å². The van der Waals surface area contributed by atoms with Crippen molar-refractivity contribution in [2.45, 2.75) is 40.2 Å². The lowest BCUT2D eigenvalue weighted by Gasteiger charge is -2.08. The molecule has 0 aromatic carbocycles. The van der Waals surface area contributed by atoms with Gasteiger partial charge >= 0.3 is 0 Å². The second-order valence-corrected chi connectivity index (χ2v) is 5.56. The molecule has 1 N–H and O–H groups in total. The smallest absolute Gasteiger partial charge is 0.0863 e. The van der Waals surface area contributed by atoms with E-state index in [-0.39, 0.29) is 0 Å². The molecule has 0 aliphatic rings. The van der Waals surface area contributed by atoms with Gasteiger partial charge in [0.15, 0.2) is 0 Å². The van der Waals surface area contributed by atoms with E-state index in [1.165, 1.54) is 0 Å². The van der Waals surface area contributed by atoms with Gasteiger partial charge in [-0.1, -0.05) is 32.4 Å². The summed E-state index contributed by atoms with van der Waals surface area (Å²) in [5.41, 5.74) is 2.03. The topological polar surface area (TPSA) is 39.1 Å². The Balaban J connectivity index is 2.21. The van der Waals surface area contributed by atoms with E-state index < -0.39 is 0 Å². The molecule has 0 saturated heterocycles. The van der Waals surface area contributed by atoms with Gasteiger partial charge in [0.25, 0.3) is 0 Å². The first-order valence-electron chi connectivity index (χ1n) is 7.05. The van der Waals surface area contributed by atoms with Crippen molar-refractivity contribution in [3.8, 4) is 0 Å². The summed E-state index contributed by atoms with van der Waals surface area (Å²) in [5, 5.41) is 8.58. The van der Waals surface area contributed by atoms with Crippen molar-refractivity contribution in [3.05, 3.63) is 16.4 Å². The van der Waals surface area contributed by atoms with Crippen LogP contribution in [-0.2, 0) is 24.8 Å². The van der Waals surface area contributed by atoms with E-state index in [1.54, 1.807) is 0 Å². The minimum atomic E-state index is 0.605. The third kappa shape index (κ3) is 5.51. The minimum Gasteiger partial charge on any atom is -0.381 e. The molecule has 0 bridgehead atoms. The number of nitrogens with one attached hydrogen (secondary N) is 1. The Labute approximate surface area is 121 Å². The van der Waals surface area contributed by atoms with Crippen LogP contribution in [0.25, 0.3) is 0 Å². The Morgan fingerprint density at radius 3 is 2.74 bits per heavy atom. The van der Waals surface area contributed by atoms with Gasteiger partial charge in [-0.05, 0) is 25.3 Å². The van der Waals surface area contributed by atoms with Crippen LogP contribution in [0.15, 0.2) is 0 Å².